The Labute approximate surface area is 132 Å². The second-order valence-electron chi connectivity index (χ2n) is 6.92. The van der Waals surface area contributed by atoms with Crippen molar-refractivity contribution in [2.75, 3.05) is 18.4 Å². The molecule has 1 amide bonds. The van der Waals surface area contributed by atoms with E-state index in [0.29, 0.717) is 12.0 Å². The molecule has 0 radical (unpaired) electrons. The summed E-state index contributed by atoms with van der Waals surface area (Å²) in [5.74, 6) is 0.395. The highest BCUT2D eigenvalue weighted by Gasteiger charge is 2.57. The Morgan fingerprint density at radius 1 is 1.32 bits per heavy atom. The third-order valence-electron chi connectivity index (χ3n) is 4.91. The van der Waals surface area contributed by atoms with Gasteiger partial charge in [-0.15, -0.1) is 0 Å². The summed E-state index contributed by atoms with van der Waals surface area (Å²) in [6.45, 7) is 6.77. The minimum absolute atomic E-state index is 0.188. The molecule has 0 aromatic heterocycles. The fraction of sp³-hybridized carbons (Fsp3) is 0.611. The lowest BCUT2D eigenvalue weighted by molar-refractivity contribution is -0.118. The molecule has 1 saturated heterocycles. The second kappa shape index (κ2) is 6.39. The molecule has 2 fully saturated rings. The molecule has 22 heavy (non-hydrogen) atoms. The quantitative estimate of drug-likeness (QED) is 0.879. The van der Waals surface area contributed by atoms with Crippen LogP contribution in [0.2, 0.25) is 0 Å². The van der Waals surface area contributed by atoms with Gasteiger partial charge in [-0.3, -0.25) is 4.79 Å². The van der Waals surface area contributed by atoms with Gasteiger partial charge in [0.1, 0.15) is 0 Å². The summed E-state index contributed by atoms with van der Waals surface area (Å²) in [5, 5.41) is 6.44. The first-order chi connectivity index (χ1) is 10.6. The van der Waals surface area contributed by atoms with Crippen LogP contribution in [0.5, 0.6) is 0 Å². The average molecular weight is 302 g/mol. The van der Waals surface area contributed by atoms with Crippen molar-refractivity contribution in [3.8, 4) is 0 Å². The van der Waals surface area contributed by atoms with Crippen molar-refractivity contribution in [2.45, 2.75) is 45.8 Å². The minimum atomic E-state index is 0.188. The van der Waals surface area contributed by atoms with E-state index in [1.54, 1.807) is 0 Å². The number of carbonyl (C=O) groups excluding carboxylic acids is 1. The van der Waals surface area contributed by atoms with E-state index in [-0.39, 0.29) is 17.9 Å². The zero-order valence-electron chi connectivity index (χ0n) is 13.5. The first kappa shape index (κ1) is 15.5. The second-order valence-corrected chi connectivity index (χ2v) is 6.92. The van der Waals surface area contributed by atoms with Crippen molar-refractivity contribution < 1.29 is 9.53 Å². The molecule has 0 bridgehead atoms. The van der Waals surface area contributed by atoms with Crippen LogP contribution in [0.25, 0.3) is 0 Å². The number of hydrogen-bond donors (Lipinski definition) is 2. The number of rotatable bonds is 5. The van der Waals surface area contributed by atoms with Crippen LogP contribution in [0, 0.1) is 11.3 Å². The third-order valence-corrected chi connectivity index (χ3v) is 4.91. The molecular weight excluding hydrogens is 276 g/mol. The van der Waals surface area contributed by atoms with Crippen LogP contribution < -0.4 is 10.6 Å². The molecule has 120 valence electrons. The standard InChI is InChI=1S/C18H26N2O2/c1-13(2)22-12-14-3-5-15(6-4-14)20-17(21)16-11-18(16)7-9-19-10-8-18/h3-6,13,16,19H,7-12H2,1-2H3,(H,20,21). The van der Waals surface area contributed by atoms with E-state index >= 15 is 0 Å². The average Bonchev–Trinajstić information content (AvgIpc) is 3.20. The molecule has 1 spiro atoms. The molecule has 4 heteroatoms. The number of piperidine rings is 1. The van der Waals surface area contributed by atoms with E-state index in [2.05, 4.69) is 10.6 Å². The normalized spacial score (nSPS) is 22.8. The lowest BCUT2D eigenvalue weighted by Crippen LogP contribution is -2.31. The van der Waals surface area contributed by atoms with Crippen molar-refractivity contribution in [2.24, 2.45) is 11.3 Å². The van der Waals surface area contributed by atoms with E-state index in [9.17, 15) is 4.79 Å². The molecule has 3 rings (SSSR count). The Hall–Kier alpha value is -1.39. The highest BCUT2D eigenvalue weighted by atomic mass is 16.5. The fourth-order valence-corrected chi connectivity index (χ4v) is 3.37. The first-order valence-corrected chi connectivity index (χ1v) is 8.31. The van der Waals surface area contributed by atoms with Crippen LogP contribution in [0.15, 0.2) is 24.3 Å². The maximum atomic E-state index is 12.4. The molecule has 1 aliphatic carbocycles. The first-order valence-electron chi connectivity index (χ1n) is 8.31. The number of amides is 1. The summed E-state index contributed by atoms with van der Waals surface area (Å²) in [4.78, 5) is 12.4. The van der Waals surface area contributed by atoms with Gasteiger partial charge in [-0.05, 0) is 69.3 Å². The summed E-state index contributed by atoms with van der Waals surface area (Å²) in [7, 11) is 0. The lowest BCUT2D eigenvalue weighted by Gasteiger charge is -2.23. The predicted octanol–water partition coefficient (Wildman–Crippen LogP) is 2.94. The molecule has 1 aromatic rings. The molecule has 2 aliphatic rings. The predicted molar refractivity (Wildman–Crippen MR) is 87.6 cm³/mol. The SMILES string of the molecule is CC(C)OCc1ccc(NC(=O)C2CC23CCNCC3)cc1. The van der Waals surface area contributed by atoms with E-state index < -0.39 is 0 Å². The fourth-order valence-electron chi connectivity index (χ4n) is 3.37. The monoisotopic (exact) mass is 302 g/mol. The summed E-state index contributed by atoms with van der Waals surface area (Å²) in [5.41, 5.74) is 2.31. The van der Waals surface area contributed by atoms with Gasteiger partial charge < -0.3 is 15.4 Å². The molecule has 1 atom stereocenters. The summed E-state index contributed by atoms with van der Waals surface area (Å²) >= 11 is 0. The minimum Gasteiger partial charge on any atom is -0.374 e. The van der Waals surface area contributed by atoms with Crippen molar-refractivity contribution >= 4 is 11.6 Å². The summed E-state index contributed by atoms with van der Waals surface area (Å²) in [6.07, 6.45) is 3.56. The Balaban J connectivity index is 1.52. The number of hydrogen-bond acceptors (Lipinski definition) is 3. The van der Waals surface area contributed by atoms with E-state index in [1.165, 1.54) is 0 Å². The van der Waals surface area contributed by atoms with Crippen LogP contribution in [0.1, 0.15) is 38.7 Å². The zero-order chi connectivity index (χ0) is 15.6. The van der Waals surface area contributed by atoms with Gasteiger partial charge in [-0.1, -0.05) is 12.1 Å². The van der Waals surface area contributed by atoms with Gasteiger partial charge in [0.25, 0.3) is 0 Å². The Bertz CT molecular complexity index is 518. The van der Waals surface area contributed by atoms with Crippen molar-refractivity contribution in [3.05, 3.63) is 29.8 Å². The maximum Gasteiger partial charge on any atom is 0.228 e. The lowest BCUT2D eigenvalue weighted by atomic mass is 9.92. The largest absolute Gasteiger partial charge is 0.374 e. The van der Waals surface area contributed by atoms with Gasteiger partial charge in [-0.25, -0.2) is 0 Å². The van der Waals surface area contributed by atoms with Crippen molar-refractivity contribution in [3.63, 3.8) is 0 Å². The van der Waals surface area contributed by atoms with Crippen LogP contribution in [-0.2, 0) is 16.1 Å². The van der Waals surface area contributed by atoms with Crippen molar-refractivity contribution in [1.82, 2.24) is 5.32 Å². The van der Waals surface area contributed by atoms with Gasteiger partial charge in [0, 0.05) is 11.6 Å². The van der Waals surface area contributed by atoms with Gasteiger partial charge >= 0.3 is 0 Å². The topological polar surface area (TPSA) is 50.4 Å². The number of benzene rings is 1. The van der Waals surface area contributed by atoms with Crippen LogP contribution in [-0.4, -0.2) is 25.1 Å². The van der Waals surface area contributed by atoms with E-state index in [1.807, 2.05) is 38.1 Å². The molecule has 1 aromatic carbocycles. The zero-order valence-corrected chi connectivity index (χ0v) is 13.5. The third kappa shape index (κ3) is 3.50. The molecule has 4 nitrogen and oxygen atoms in total. The number of anilines is 1. The van der Waals surface area contributed by atoms with Crippen LogP contribution >= 0.6 is 0 Å². The maximum absolute atomic E-state index is 12.4. The Morgan fingerprint density at radius 3 is 2.64 bits per heavy atom. The molecule has 1 aliphatic heterocycles. The van der Waals surface area contributed by atoms with Gasteiger partial charge in [-0.2, -0.15) is 0 Å². The molecule has 1 saturated carbocycles. The molecular formula is C18H26N2O2. The van der Waals surface area contributed by atoms with Gasteiger partial charge in [0.15, 0.2) is 0 Å². The van der Waals surface area contributed by atoms with Gasteiger partial charge in [0.05, 0.1) is 12.7 Å². The molecule has 1 unspecified atom stereocenters. The highest BCUT2D eigenvalue weighted by molar-refractivity contribution is 5.95. The van der Waals surface area contributed by atoms with E-state index in [0.717, 1.165) is 43.6 Å². The van der Waals surface area contributed by atoms with E-state index in [4.69, 9.17) is 4.74 Å². The van der Waals surface area contributed by atoms with Gasteiger partial charge in [0.2, 0.25) is 5.91 Å². The van der Waals surface area contributed by atoms with Crippen LogP contribution in [0.3, 0.4) is 0 Å². The smallest absolute Gasteiger partial charge is 0.228 e. The number of nitrogens with one attached hydrogen (secondary N) is 2. The highest BCUT2D eigenvalue weighted by Crippen LogP contribution is 2.58. The molecule has 2 N–H and O–H groups in total. The Kier molecular flexibility index (Phi) is 4.50. The van der Waals surface area contributed by atoms with Crippen molar-refractivity contribution in [1.29, 1.82) is 0 Å². The summed E-state index contributed by atoms with van der Waals surface area (Å²) in [6, 6.07) is 7.97. The summed E-state index contributed by atoms with van der Waals surface area (Å²) < 4.78 is 5.58. The molecule has 1 heterocycles. The number of ether oxygens (including phenoxy) is 1. The Morgan fingerprint density at radius 2 is 2.00 bits per heavy atom. The van der Waals surface area contributed by atoms with Crippen LogP contribution in [0.4, 0.5) is 5.69 Å². The number of carbonyl (C=O) groups is 1.